The number of rotatable bonds is 5. The lowest BCUT2D eigenvalue weighted by Gasteiger charge is -2.17. The monoisotopic (exact) mass is 299 g/mol. The molecular formula is C17H17NO4. The van der Waals surface area contributed by atoms with Gasteiger partial charge in [0.25, 0.3) is 5.91 Å². The van der Waals surface area contributed by atoms with Crippen LogP contribution < -0.4 is 5.32 Å². The van der Waals surface area contributed by atoms with Gasteiger partial charge in [0.05, 0.1) is 6.61 Å². The number of esters is 1. The fraction of sp³-hybridized carbons (Fsp3) is 0.176. The number of carbonyl (C=O) groups excluding carboxylic acids is 2. The minimum absolute atomic E-state index is 0.0840. The number of hydrogen-bond donors (Lipinski definition) is 2. The average Bonchev–Trinajstić information content (AvgIpc) is 2.54. The number of phenols is 1. The Balaban J connectivity index is 2.23. The number of carbonyl (C=O) groups is 2. The van der Waals surface area contributed by atoms with E-state index in [1.807, 2.05) is 0 Å². The number of hydrogen-bond acceptors (Lipinski definition) is 4. The molecule has 0 unspecified atom stereocenters. The van der Waals surface area contributed by atoms with Crippen LogP contribution in [0, 0.1) is 0 Å². The Morgan fingerprint density at radius 2 is 1.73 bits per heavy atom. The molecule has 5 heteroatoms. The second-order valence-electron chi connectivity index (χ2n) is 4.62. The van der Waals surface area contributed by atoms with E-state index in [0.717, 1.165) is 0 Å². The van der Waals surface area contributed by atoms with Gasteiger partial charge in [-0.3, -0.25) is 4.79 Å². The van der Waals surface area contributed by atoms with Crippen molar-refractivity contribution in [2.45, 2.75) is 13.0 Å². The largest absolute Gasteiger partial charge is 0.508 e. The molecule has 0 saturated carbocycles. The minimum atomic E-state index is -0.923. The molecule has 0 aliphatic carbocycles. The van der Waals surface area contributed by atoms with E-state index in [0.29, 0.717) is 11.1 Å². The van der Waals surface area contributed by atoms with Gasteiger partial charge in [-0.1, -0.05) is 30.3 Å². The molecule has 0 heterocycles. The van der Waals surface area contributed by atoms with Gasteiger partial charge < -0.3 is 15.2 Å². The van der Waals surface area contributed by atoms with Crippen molar-refractivity contribution in [3.8, 4) is 5.75 Å². The highest BCUT2D eigenvalue weighted by Gasteiger charge is 2.24. The van der Waals surface area contributed by atoms with Gasteiger partial charge in [-0.05, 0) is 36.8 Å². The van der Waals surface area contributed by atoms with Crippen molar-refractivity contribution in [2.75, 3.05) is 6.61 Å². The predicted molar refractivity (Wildman–Crippen MR) is 81.4 cm³/mol. The van der Waals surface area contributed by atoms with Gasteiger partial charge >= 0.3 is 5.97 Å². The summed E-state index contributed by atoms with van der Waals surface area (Å²) in [4.78, 5) is 24.3. The summed E-state index contributed by atoms with van der Waals surface area (Å²) in [7, 11) is 0. The van der Waals surface area contributed by atoms with Crippen molar-refractivity contribution in [2.24, 2.45) is 0 Å². The molecule has 2 aromatic rings. The number of amides is 1. The fourth-order valence-electron chi connectivity index (χ4n) is 1.97. The summed E-state index contributed by atoms with van der Waals surface area (Å²) >= 11 is 0. The molecule has 0 radical (unpaired) electrons. The first-order valence-electron chi connectivity index (χ1n) is 6.93. The minimum Gasteiger partial charge on any atom is -0.508 e. The van der Waals surface area contributed by atoms with E-state index in [9.17, 15) is 14.7 Å². The zero-order valence-electron chi connectivity index (χ0n) is 12.2. The maximum absolute atomic E-state index is 12.2. The van der Waals surface area contributed by atoms with Crippen LogP contribution in [0.25, 0.3) is 0 Å². The smallest absolute Gasteiger partial charge is 0.333 e. The number of benzene rings is 2. The molecule has 0 aromatic heterocycles. The highest BCUT2D eigenvalue weighted by Crippen LogP contribution is 2.19. The molecule has 22 heavy (non-hydrogen) atoms. The zero-order chi connectivity index (χ0) is 15.9. The average molecular weight is 299 g/mol. The van der Waals surface area contributed by atoms with Gasteiger partial charge in [0, 0.05) is 5.56 Å². The summed E-state index contributed by atoms with van der Waals surface area (Å²) in [5.74, 6) is -0.829. The lowest BCUT2D eigenvalue weighted by molar-refractivity contribution is -0.145. The highest BCUT2D eigenvalue weighted by atomic mass is 16.5. The third kappa shape index (κ3) is 3.85. The lowest BCUT2D eigenvalue weighted by atomic mass is 10.1. The summed E-state index contributed by atoms with van der Waals surface area (Å²) in [6.45, 7) is 1.92. The Kier molecular flexibility index (Phi) is 5.14. The van der Waals surface area contributed by atoms with E-state index >= 15 is 0 Å². The van der Waals surface area contributed by atoms with Crippen molar-refractivity contribution >= 4 is 11.9 Å². The molecule has 2 aromatic carbocycles. The van der Waals surface area contributed by atoms with Crippen LogP contribution in [0.4, 0.5) is 0 Å². The highest BCUT2D eigenvalue weighted by molar-refractivity contribution is 5.97. The number of ether oxygens (including phenoxy) is 1. The van der Waals surface area contributed by atoms with E-state index in [1.165, 1.54) is 12.1 Å². The van der Waals surface area contributed by atoms with Gasteiger partial charge in [0.15, 0.2) is 6.04 Å². The summed E-state index contributed by atoms with van der Waals surface area (Å²) in [6.07, 6.45) is 0. The molecule has 1 amide bonds. The lowest BCUT2D eigenvalue weighted by Crippen LogP contribution is -2.34. The van der Waals surface area contributed by atoms with E-state index < -0.39 is 12.0 Å². The molecule has 1 atom stereocenters. The molecule has 0 bridgehead atoms. The first-order valence-corrected chi connectivity index (χ1v) is 6.93. The Morgan fingerprint density at radius 1 is 1.09 bits per heavy atom. The Labute approximate surface area is 128 Å². The third-order valence-electron chi connectivity index (χ3n) is 3.06. The molecule has 0 spiro atoms. The first-order chi connectivity index (χ1) is 10.6. The van der Waals surface area contributed by atoms with E-state index in [-0.39, 0.29) is 18.3 Å². The maximum Gasteiger partial charge on any atom is 0.333 e. The van der Waals surface area contributed by atoms with E-state index in [2.05, 4.69) is 5.32 Å². The third-order valence-corrected chi connectivity index (χ3v) is 3.06. The molecule has 114 valence electrons. The van der Waals surface area contributed by atoms with E-state index in [1.54, 1.807) is 49.4 Å². The van der Waals surface area contributed by atoms with Crippen LogP contribution in [0.1, 0.15) is 28.9 Å². The summed E-state index contributed by atoms with van der Waals surface area (Å²) in [5.41, 5.74) is 0.996. The van der Waals surface area contributed by atoms with Gasteiger partial charge in [-0.15, -0.1) is 0 Å². The van der Waals surface area contributed by atoms with E-state index in [4.69, 9.17) is 4.74 Å². The Morgan fingerprint density at radius 3 is 2.32 bits per heavy atom. The molecule has 2 rings (SSSR count). The van der Waals surface area contributed by atoms with Crippen molar-refractivity contribution in [3.05, 3.63) is 65.7 Å². The van der Waals surface area contributed by atoms with Crippen LogP contribution in [0.15, 0.2) is 54.6 Å². The van der Waals surface area contributed by atoms with Crippen LogP contribution in [-0.4, -0.2) is 23.6 Å². The molecule has 0 saturated heterocycles. The Bertz CT molecular complexity index is 637. The van der Waals surface area contributed by atoms with Crippen LogP contribution >= 0.6 is 0 Å². The maximum atomic E-state index is 12.2. The summed E-state index contributed by atoms with van der Waals surface area (Å²) in [6, 6.07) is 13.7. The SMILES string of the molecule is CCOC(=O)[C@H](NC(=O)c1ccccc1)c1ccc(O)cc1. The molecule has 5 nitrogen and oxygen atoms in total. The number of aromatic hydroxyl groups is 1. The molecule has 0 aliphatic rings. The van der Waals surface area contributed by atoms with Crippen molar-refractivity contribution in [1.82, 2.24) is 5.32 Å². The summed E-state index contributed by atoms with van der Waals surface area (Å²) in [5, 5.41) is 12.0. The molecule has 2 N–H and O–H groups in total. The number of nitrogens with one attached hydrogen (secondary N) is 1. The van der Waals surface area contributed by atoms with Gasteiger partial charge in [0.1, 0.15) is 5.75 Å². The van der Waals surface area contributed by atoms with Gasteiger partial charge in [-0.25, -0.2) is 4.79 Å². The molecular weight excluding hydrogens is 282 g/mol. The predicted octanol–water partition coefficient (Wildman–Crippen LogP) is 2.43. The van der Waals surface area contributed by atoms with Crippen LogP contribution in [0.2, 0.25) is 0 Å². The van der Waals surface area contributed by atoms with Crippen LogP contribution in [0.5, 0.6) is 5.75 Å². The van der Waals surface area contributed by atoms with Crippen molar-refractivity contribution in [1.29, 1.82) is 0 Å². The van der Waals surface area contributed by atoms with Crippen molar-refractivity contribution in [3.63, 3.8) is 0 Å². The van der Waals surface area contributed by atoms with Gasteiger partial charge in [-0.2, -0.15) is 0 Å². The fourth-order valence-corrected chi connectivity index (χ4v) is 1.97. The zero-order valence-corrected chi connectivity index (χ0v) is 12.2. The van der Waals surface area contributed by atoms with Crippen LogP contribution in [0.3, 0.4) is 0 Å². The standard InChI is InChI=1S/C17H17NO4/c1-2-22-17(21)15(12-8-10-14(19)11-9-12)18-16(20)13-6-4-3-5-7-13/h3-11,15,19H,2H2,1H3,(H,18,20)/t15-/m1/s1. The normalized spacial score (nSPS) is 11.5. The Hall–Kier alpha value is -2.82. The second-order valence-corrected chi connectivity index (χ2v) is 4.62. The molecule has 0 fully saturated rings. The van der Waals surface area contributed by atoms with Crippen LogP contribution in [-0.2, 0) is 9.53 Å². The first kappa shape index (κ1) is 15.6. The van der Waals surface area contributed by atoms with Gasteiger partial charge in [0.2, 0.25) is 0 Å². The van der Waals surface area contributed by atoms with Crippen molar-refractivity contribution < 1.29 is 19.4 Å². The summed E-state index contributed by atoms with van der Waals surface area (Å²) < 4.78 is 5.01. The quantitative estimate of drug-likeness (QED) is 0.831. The topological polar surface area (TPSA) is 75.6 Å². The second kappa shape index (κ2) is 7.26. The molecule has 0 aliphatic heterocycles. The number of phenolic OH excluding ortho intramolecular Hbond substituents is 1.